The summed E-state index contributed by atoms with van der Waals surface area (Å²) < 4.78 is 0. The largest absolute Gasteiger partial charge is 0.292 e. The van der Waals surface area contributed by atoms with Gasteiger partial charge in [-0.2, -0.15) is 4.98 Å². The zero-order chi connectivity index (χ0) is 12.4. The van der Waals surface area contributed by atoms with E-state index in [1.807, 2.05) is 13.8 Å². The van der Waals surface area contributed by atoms with Crippen molar-refractivity contribution in [3.63, 3.8) is 0 Å². The maximum Gasteiger partial charge on any atom is 0.238 e. The molecule has 1 aromatic rings. The molecule has 1 fully saturated rings. The van der Waals surface area contributed by atoms with E-state index in [0.29, 0.717) is 11.4 Å². The van der Waals surface area contributed by atoms with E-state index in [1.165, 1.54) is 0 Å². The Morgan fingerprint density at radius 1 is 1.29 bits per heavy atom. The molecular formula is C11H11Cl2N3O. The highest BCUT2D eigenvalue weighted by atomic mass is 35.5. The van der Waals surface area contributed by atoms with Gasteiger partial charge in [0, 0.05) is 11.6 Å². The Labute approximate surface area is 109 Å². The van der Waals surface area contributed by atoms with Crippen molar-refractivity contribution in [2.24, 2.45) is 0 Å². The molecule has 1 aliphatic carbocycles. The van der Waals surface area contributed by atoms with E-state index in [-0.39, 0.29) is 22.4 Å². The Bertz CT molecular complexity index is 526. The minimum Gasteiger partial charge on any atom is -0.292 e. The summed E-state index contributed by atoms with van der Waals surface area (Å²) >= 11 is 11.9. The van der Waals surface area contributed by atoms with Crippen LogP contribution in [0.5, 0.6) is 0 Å². The SMILES string of the molecule is CC1(C)C(=O)N(C2CC2)c2nc(Cl)nc(Cl)c21. The highest BCUT2D eigenvalue weighted by molar-refractivity contribution is 6.33. The molecule has 1 amide bonds. The fraction of sp³-hybridized carbons (Fsp3) is 0.545. The normalized spacial score (nSPS) is 21.9. The predicted octanol–water partition coefficient (Wildman–Crippen LogP) is 2.57. The van der Waals surface area contributed by atoms with Gasteiger partial charge in [-0.05, 0) is 38.3 Å². The van der Waals surface area contributed by atoms with Gasteiger partial charge in [0.2, 0.25) is 11.2 Å². The number of rotatable bonds is 1. The second-order valence-corrected chi connectivity index (χ2v) is 5.71. The molecule has 2 aliphatic rings. The fourth-order valence-electron chi connectivity index (χ4n) is 2.28. The van der Waals surface area contributed by atoms with Gasteiger partial charge >= 0.3 is 0 Å². The third-order valence-corrected chi connectivity index (χ3v) is 3.78. The molecule has 4 nitrogen and oxygen atoms in total. The number of fused-ring (bicyclic) bond motifs is 1. The van der Waals surface area contributed by atoms with Gasteiger partial charge in [-0.1, -0.05) is 11.6 Å². The van der Waals surface area contributed by atoms with Crippen molar-refractivity contribution in [3.05, 3.63) is 16.0 Å². The first-order valence-corrected chi connectivity index (χ1v) is 6.25. The van der Waals surface area contributed by atoms with Crippen LogP contribution in [0.4, 0.5) is 5.82 Å². The molecule has 0 saturated heterocycles. The monoisotopic (exact) mass is 271 g/mol. The lowest BCUT2D eigenvalue weighted by Crippen LogP contribution is -2.37. The molecule has 0 unspecified atom stereocenters. The van der Waals surface area contributed by atoms with Crippen molar-refractivity contribution in [1.82, 2.24) is 9.97 Å². The molecule has 1 saturated carbocycles. The van der Waals surface area contributed by atoms with Gasteiger partial charge in [0.25, 0.3) is 0 Å². The number of amides is 1. The van der Waals surface area contributed by atoms with Gasteiger partial charge in [-0.3, -0.25) is 9.69 Å². The number of anilines is 1. The molecule has 0 aromatic carbocycles. The Morgan fingerprint density at radius 3 is 2.53 bits per heavy atom. The molecule has 2 heterocycles. The standard InChI is InChI=1S/C11H11Cl2N3O/c1-11(2)6-7(12)14-10(13)15-8(6)16(9(11)17)5-3-4-5/h5H,3-4H2,1-2H3. The molecule has 1 aliphatic heterocycles. The molecule has 0 bridgehead atoms. The van der Waals surface area contributed by atoms with Crippen molar-refractivity contribution in [3.8, 4) is 0 Å². The lowest BCUT2D eigenvalue weighted by Gasteiger charge is -2.18. The topological polar surface area (TPSA) is 46.1 Å². The summed E-state index contributed by atoms with van der Waals surface area (Å²) in [5.41, 5.74) is 0.0278. The van der Waals surface area contributed by atoms with E-state index in [1.54, 1.807) is 4.90 Å². The predicted molar refractivity (Wildman–Crippen MR) is 65.6 cm³/mol. The van der Waals surface area contributed by atoms with Crippen LogP contribution in [0.1, 0.15) is 32.3 Å². The summed E-state index contributed by atoms with van der Waals surface area (Å²) in [6.07, 6.45) is 2.03. The van der Waals surface area contributed by atoms with Crippen LogP contribution < -0.4 is 4.90 Å². The number of hydrogen-bond donors (Lipinski definition) is 0. The summed E-state index contributed by atoms with van der Waals surface area (Å²) in [4.78, 5) is 22.2. The Morgan fingerprint density at radius 2 is 1.94 bits per heavy atom. The summed E-state index contributed by atoms with van der Waals surface area (Å²) in [6.45, 7) is 3.69. The lowest BCUT2D eigenvalue weighted by atomic mass is 9.88. The molecule has 0 spiro atoms. The molecule has 0 N–H and O–H groups in total. The number of hydrogen-bond acceptors (Lipinski definition) is 3. The minimum absolute atomic E-state index is 0.0356. The first-order chi connectivity index (χ1) is 7.93. The van der Waals surface area contributed by atoms with E-state index in [9.17, 15) is 4.79 Å². The second-order valence-electron chi connectivity index (χ2n) is 5.01. The average Bonchev–Trinajstić information content (AvgIpc) is 2.97. The van der Waals surface area contributed by atoms with E-state index in [4.69, 9.17) is 23.2 Å². The van der Waals surface area contributed by atoms with Gasteiger partial charge in [0.15, 0.2) is 0 Å². The van der Waals surface area contributed by atoms with Crippen LogP contribution in [0, 0.1) is 0 Å². The van der Waals surface area contributed by atoms with Crippen molar-refractivity contribution in [1.29, 1.82) is 0 Å². The van der Waals surface area contributed by atoms with Crippen molar-refractivity contribution in [2.75, 3.05) is 4.90 Å². The minimum atomic E-state index is -0.667. The van der Waals surface area contributed by atoms with Crippen molar-refractivity contribution in [2.45, 2.75) is 38.1 Å². The molecule has 0 atom stereocenters. The van der Waals surface area contributed by atoms with E-state index >= 15 is 0 Å². The first kappa shape index (κ1) is 11.2. The van der Waals surface area contributed by atoms with Gasteiger partial charge in [-0.25, -0.2) is 4.98 Å². The van der Waals surface area contributed by atoms with E-state index < -0.39 is 5.41 Å². The lowest BCUT2D eigenvalue weighted by molar-refractivity contribution is -0.122. The van der Waals surface area contributed by atoms with Crippen LogP contribution in [-0.2, 0) is 10.2 Å². The summed E-state index contributed by atoms with van der Waals surface area (Å²) in [7, 11) is 0. The molecule has 0 radical (unpaired) electrons. The average molecular weight is 272 g/mol. The zero-order valence-electron chi connectivity index (χ0n) is 9.50. The van der Waals surface area contributed by atoms with Gasteiger partial charge in [-0.15, -0.1) is 0 Å². The van der Waals surface area contributed by atoms with Crippen LogP contribution in [0.2, 0.25) is 10.4 Å². The number of nitrogens with zero attached hydrogens (tertiary/aromatic N) is 3. The van der Waals surface area contributed by atoms with Crippen molar-refractivity contribution >= 4 is 34.9 Å². The summed E-state index contributed by atoms with van der Waals surface area (Å²) in [5.74, 6) is 0.626. The fourth-order valence-corrected chi connectivity index (χ4v) is 2.89. The van der Waals surface area contributed by atoms with Crippen LogP contribution in [0.15, 0.2) is 0 Å². The molecule has 17 heavy (non-hydrogen) atoms. The highest BCUT2D eigenvalue weighted by Gasteiger charge is 2.51. The Kier molecular flexibility index (Phi) is 2.20. The first-order valence-electron chi connectivity index (χ1n) is 5.50. The van der Waals surface area contributed by atoms with E-state index in [0.717, 1.165) is 12.8 Å². The van der Waals surface area contributed by atoms with Crippen LogP contribution >= 0.6 is 23.2 Å². The molecule has 3 rings (SSSR count). The molecule has 1 aromatic heterocycles. The smallest absolute Gasteiger partial charge is 0.238 e. The van der Waals surface area contributed by atoms with Crippen LogP contribution in [0.3, 0.4) is 0 Å². The van der Waals surface area contributed by atoms with Gasteiger partial charge in [0.05, 0.1) is 5.41 Å². The number of carbonyl (C=O) groups excluding carboxylic acids is 1. The molecule has 6 heteroatoms. The third-order valence-electron chi connectivity index (χ3n) is 3.34. The second kappa shape index (κ2) is 3.33. The van der Waals surface area contributed by atoms with Crippen LogP contribution in [0.25, 0.3) is 0 Å². The summed E-state index contributed by atoms with van der Waals surface area (Å²) in [6, 6.07) is 0.255. The number of carbonyl (C=O) groups is 1. The quantitative estimate of drug-likeness (QED) is 0.583. The number of aromatic nitrogens is 2. The highest BCUT2D eigenvalue weighted by Crippen LogP contribution is 2.48. The van der Waals surface area contributed by atoms with Gasteiger partial charge in [0.1, 0.15) is 11.0 Å². The maximum absolute atomic E-state index is 12.4. The number of halogens is 2. The Hall–Kier alpha value is -0.870. The van der Waals surface area contributed by atoms with Gasteiger partial charge < -0.3 is 0 Å². The Balaban J connectivity index is 2.25. The third kappa shape index (κ3) is 1.47. The maximum atomic E-state index is 12.4. The molecule has 90 valence electrons. The van der Waals surface area contributed by atoms with Crippen LogP contribution in [-0.4, -0.2) is 21.9 Å². The molecular weight excluding hydrogens is 261 g/mol. The zero-order valence-corrected chi connectivity index (χ0v) is 11.0. The van der Waals surface area contributed by atoms with E-state index in [2.05, 4.69) is 9.97 Å². The summed E-state index contributed by atoms with van der Waals surface area (Å²) in [5, 5.41) is 0.367. The van der Waals surface area contributed by atoms with Crippen molar-refractivity contribution < 1.29 is 4.79 Å².